The minimum Gasteiger partial charge on any atom is -0.455 e. The summed E-state index contributed by atoms with van der Waals surface area (Å²) >= 11 is 6.69. The summed E-state index contributed by atoms with van der Waals surface area (Å²) in [5.74, 6) is -4.17. The monoisotopic (exact) mass is 735 g/mol. The molecule has 1 spiro atoms. The molecule has 52 heavy (non-hydrogen) atoms. The number of halogens is 1. The molecule has 8 atom stereocenters. The van der Waals surface area contributed by atoms with Gasteiger partial charge >= 0.3 is 5.97 Å². The van der Waals surface area contributed by atoms with E-state index >= 15 is 4.79 Å². The van der Waals surface area contributed by atoms with Gasteiger partial charge in [0.2, 0.25) is 11.8 Å². The number of carbonyl (C=O) groups excluding carboxylic acids is 4. The van der Waals surface area contributed by atoms with Gasteiger partial charge in [0.15, 0.2) is 0 Å². The number of hydrogen-bond acceptors (Lipinski definition) is 8. The Morgan fingerprint density at radius 1 is 1.15 bits per heavy atom. The van der Waals surface area contributed by atoms with Crippen LogP contribution in [0, 0.1) is 24.7 Å². The summed E-state index contributed by atoms with van der Waals surface area (Å²) in [5.41, 5.74) is 0.498. The molecule has 3 aliphatic rings. The van der Waals surface area contributed by atoms with Crippen LogP contribution in [0.1, 0.15) is 56.8 Å². The zero-order valence-electron chi connectivity index (χ0n) is 30.3. The van der Waals surface area contributed by atoms with E-state index in [0.717, 1.165) is 5.56 Å². The standard InChI is InChI=1S/C40H50ClN3O8/c1-7-9-18-31(46)42-28(23-50-6)35(26-15-11-10-12-16-26)51-39(49)32-30-19-20-40(52-30)33(32)37(47)44(29(22-45)24(3)4)36(40)38(48)43(21-8-2)34-25(5)14-13-17-27(34)41/h7-8,10-17,24,28-30,32-33,35-36,45H,1-2,9,18-23H2,3-6H3,(H,42,46)/t28-,29+,30+,32-,33-,35-,36+,40-/m1/s1. The van der Waals surface area contributed by atoms with Crippen LogP contribution in [0.5, 0.6) is 0 Å². The molecule has 11 nitrogen and oxygen atoms in total. The molecule has 12 heteroatoms. The maximum Gasteiger partial charge on any atom is 0.313 e. The maximum atomic E-state index is 15.0. The highest BCUT2D eigenvalue weighted by atomic mass is 35.5. The van der Waals surface area contributed by atoms with Crippen molar-refractivity contribution in [3.05, 3.63) is 90.0 Å². The van der Waals surface area contributed by atoms with E-state index in [1.165, 1.54) is 16.9 Å². The zero-order valence-corrected chi connectivity index (χ0v) is 31.1. The van der Waals surface area contributed by atoms with Gasteiger partial charge < -0.3 is 34.4 Å². The van der Waals surface area contributed by atoms with Gasteiger partial charge in [-0.3, -0.25) is 19.2 Å². The first-order valence-corrected chi connectivity index (χ1v) is 18.3. The number of aryl methyl sites for hydroxylation is 1. The Balaban J connectivity index is 1.55. The van der Waals surface area contributed by atoms with E-state index in [-0.39, 0.29) is 31.4 Å². The second kappa shape index (κ2) is 16.8. The number of ether oxygens (including phenoxy) is 3. The van der Waals surface area contributed by atoms with Crippen LogP contribution in [0.15, 0.2) is 73.8 Å². The lowest BCUT2D eigenvalue weighted by Crippen LogP contribution is -2.60. The molecule has 0 aliphatic carbocycles. The number of para-hydroxylation sites is 1. The van der Waals surface area contributed by atoms with Gasteiger partial charge in [-0.15, -0.1) is 13.2 Å². The minimum absolute atomic E-state index is 0.0427. The van der Waals surface area contributed by atoms with Crippen molar-refractivity contribution in [1.29, 1.82) is 0 Å². The Kier molecular flexibility index (Phi) is 12.6. The van der Waals surface area contributed by atoms with E-state index in [4.69, 9.17) is 25.8 Å². The zero-order chi connectivity index (χ0) is 37.7. The van der Waals surface area contributed by atoms with Gasteiger partial charge in [-0.1, -0.05) is 80.1 Å². The van der Waals surface area contributed by atoms with Crippen LogP contribution in [0.4, 0.5) is 5.69 Å². The Hall–Kier alpha value is -4.03. The molecular formula is C40H50ClN3O8. The lowest BCUT2D eigenvalue weighted by Gasteiger charge is -2.40. The molecule has 2 bridgehead atoms. The van der Waals surface area contributed by atoms with Crippen LogP contribution in [0.25, 0.3) is 0 Å². The smallest absolute Gasteiger partial charge is 0.313 e. The van der Waals surface area contributed by atoms with Crippen molar-refractivity contribution in [3.63, 3.8) is 0 Å². The van der Waals surface area contributed by atoms with Gasteiger partial charge in [0, 0.05) is 20.1 Å². The van der Waals surface area contributed by atoms with Gasteiger partial charge in [0.1, 0.15) is 17.7 Å². The number of anilines is 1. The fraction of sp³-hybridized carbons (Fsp3) is 0.500. The van der Waals surface area contributed by atoms with E-state index in [1.807, 2.05) is 32.9 Å². The van der Waals surface area contributed by atoms with Crippen molar-refractivity contribution in [3.8, 4) is 0 Å². The van der Waals surface area contributed by atoms with Gasteiger partial charge in [-0.05, 0) is 49.3 Å². The first-order valence-electron chi connectivity index (χ1n) is 17.9. The fourth-order valence-corrected chi connectivity index (χ4v) is 8.60. The van der Waals surface area contributed by atoms with Crippen molar-refractivity contribution in [1.82, 2.24) is 10.2 Å². The van der Waals surface area contributed by atoms with E-state index in [9.17, 15) is 19.5 Å². The Morgan fingerprint density at radius 3 is 2.50 bits per heavy atom. The largest absolute Gasteiger partial charge is 0.455 e. The predicted molar refractivity (Wildman–Crippen MR) is 197 cm³/mol. The molecule has 3 saturated heterocycles. The molecule has 5 rings (SSSR count). The first-order chi connectivity index (χ1) is 24.9. The summed E-state index contributed by atoms with van der Waals surface area (Å²) in [5, 5.41) is 14.0. The molecule has 0 unspecified atom stereocenters. The third-order valence-electron chi connectivity index (χ3n) is 10.6. The molecule has 3 aliphatic heterocycles. The molecule has 0 radical (unpaired) electrons. The number of fused-ring (bicyclic) bond motifs is 1. The summed E-state index contributed by atoms with van der Waals surface area (Å²) in [6, 6.07) is 11.7. The average molecular weight is 736 g/mol. The normalized spacial score (nSPS) is 25.0. The molecule has 0 aromatic heterocycles. The van der Waals surface area contributed by atoms with Crippen molar-refractivity contribution in [2.24, 2.45) is 17.8 Å². The van der Waals surface area contributed by atoms with E-state index < -0.39 is 72.2 Å². The van der Waals surface area contributed by atoms with E-state index in [1.54, 1.807) is 48.6 Å². The number of rotatable bonds is 17. The quantitative estimate of drug-likeness (QED) is 0.173. The molecule has 3 heterocycles. The van der Waals surface area contributed by atoms with Crippen molar-refractivity contribution in [2.75, 3.05) is 31.8 Å². The molecule has 3 fully saturated rings. The lowest BCUT2D eigenvalue weighted by atomic mass is 9.70. The average Bonchev–Trinajstić information content (AvgIpc) is 3.77. The SMILES string of the molecule is C=CCCC(=O)N[C@H](COC)[C@H](OC(=O)[C@@H]1[C@@H]2CC[C@]3(O2)[C@H](C(=O)N(CC=C)c2c(C)cccc2Cl)N([C@@H](CO)C(C)C)C(=O)[C@@H]13)c1ccccc1. The van der Waals surface area contributed by atoms with E-state index in [0.29, 0.717) is 35.5 Å². The number of hydrogen-bond donors (Lipinski definition) is 2. The van der Waals surface area contributed by atoms with Crippen LogP contribution < -0.4 is 10.2 Å². The van der Waals surface area contributed by atoms with Crippen LogP contribution in [0.3, 0.4) is 0 Å². The molecule has 2 N–H and O–H groups in total. The molecule has 0 saturated carbocycles. The first kappa shape index (κ1) is 39.2. The number of nitrogens with zero attached hydrogens (tertiary/aromatic N) is 2. The summed E-state index contributed by atoms with van der Waals surface area (Å²) < 4.78 is 18.5. The number of carbonyl (C=O) groups is 4. The summed E-state index contributed by atoms with van der Waals surface area (Å²) in [7, 11) is 1.50. The highest BCUT2D eigenvalue weighted by Crippen LogP contribution is 2.60. The molecule has 3 amide bonds. The lowest BCUT2D eigenvalue weighted by molar-refractivity contribution is -0.163. The van der Waals surface area contributed by atoms with Gasteiger partial charge in [0.25, 0.3) is 5.91 Å². The second-order valence-electron chi connectivity index (χ2n) is 14.2. The third-order valence-corrected chi connectivity index (χ3v) is 10.9. The number of esters is 1. The summed E-state index contributed by atoms with van der Waals surface area (Å²) in [6.07, 6.45) is 3.00. The van der Waals surface area contributed by atoms with Crippen LogP contribution >= 0.6 is 11.6 Å². The highest BCUT2D eigenvalue weighted by Gasteiger charge is 2.76. The summed E-state index contributed by atoms with van der Waals surface area (Å²) in [6.45, 7) is 12.9. The van der Waals surface area contributed by atoms with Gasteiger partial charge in [-0.2, -0.15) is 0 Å². The Morgan fingerprint density at radius 2 is 1.88 bits per heavy atom. The van der Waals surface area contributed by atoms with Crippen LogP contribution in [-0.4, -0.2) is 90.4 Å². The van der Waals surface area contributed by atoms with Crippen LogP contribution in [-0.2, 0) is 33.4 Å². The van der Waals surface area contributed by atoms with Gasteiger partial charge in [-0.25, -0.2) is 0 Å². The molecule has 280 valence electrons. The number of aliphatic hydroxyl groups is 1. The topological polar surface area (TPSA) is 135 Å². The number of methoxy groups -OCH3 is 1. The van der Waals surface area contributed by atoms with Crippen molar-refractivity contribution in [2.45, 2.75) is 82.4 Å². The fourth-order valence-electron chi connectivity index (χ4n) is 8.27. The third kappa shape index (κ3) is 7.28. The number of benzene rings is 2. The molecular weight excluding hydrogens is 686 g/mol. The highest BCUT2D eigenvalue weighted by molar-refractivity contribution is 6.34. The number of amides is 3. The summed E-state index contributed by atoms with van der Waals surface area (Å²) in [4.78, 5) is 60.3. The second-order valence-corrected chi connectivity index (χ2v) is 14.6. The maximum absolute atomic E-state index is 15.0. The minimum atomic E-state index is -1.37. The van der Waals surface area contributed by atoms with Crippen molar-refractivity contribution < 1.29 is 38.5 Å². The Labute approximate surface area is 310 Å². The van der Waals surface area contributed by atoms with Crippen LogP contribution in [0.2, 0.25) is 5.02 Å². The Bertz CT molecular complexity index is 1630. The number of aliphatic hydroxyl groups excluding tert-OH is 1. The van der Waals surface area contributed by atoms with Crippen molar-refractivity contribution >= 4 is 41.0 Å². The number of likely N-dealkylation sites (tertiary alicyclic amines) is 1. The van der Waals surface area contributed by atoms with Gasteiger partial charge in [0.05, 0.1) is 53.9 Å². The number of allylic oxidation sites excluding steroid dienone is 1. The molecule has 2 aromatic rings. The van der Waals surface area contributed by atoms with E-state index in [2.05, 4.69) is 18.5 Å². The number of nitrogens with one attached hydrogen (secondary N) is 1. The molecule has 2 aromatic carbocycles. The predicted octanol–water partition coefficient (Wildman–Crippen LogP) is 4.94.